The van der Waals surface area contributed by atoms with E-state index in [0.29, 0.717) is 11.7 Å². The van der Waals surface area contributed by atoms with Crippen molar-refractivity contribution >= 4 is 11.5 Å². The second-order valence-electron chi connectivity index (χ2n) is 3.76. The normalized spacial score (nSPS) is 21.2. The van der Waals surface area contributed by atoms with Gasteiger partial charge in [0.25, 0.3) is 0 Å². The minimum absolute atomic E-state index is 0.324. The lowest BCUT2D eigenvalue weighted by atomic mass is 10.1. The molecule has 3 rings (SSSR count). The third-order valence-electron chi connectivity index (χ3n) is 2.78. The predicted octanol–water partition coefficient (Wildman–Crippen LogP) is 0.815. The minimum Gasteiger partial charge on any atom is -0.385 e. The molecule has 0 spiro atoms. The molecule has 5 nitrogen and oxygen atoms in total. The molecule has 2 aromatic rings. The van der Waals surface area contributed by atoms with Crippen molar-refractivity contribution in [2.45, 2.75) is 12.3 Å². The zero-order chi connectivity index (χ0) is 10.3. The fraction of sp³-hybridized carbons (Fsp3) is 0.400. The van der Waals surface area contributed by atoms with Crippen molar-refractivity contribution in [1.29, 1.82) is 0 Å². The van der Waals surface area contributed by atoms with Crippen molar-refractivity contribution in [3.05, 3.63) is 24.0 Å². The van der Waals surface area contributed by atoms with E-state index in [1.165, 1.54) is 0 Å². The molecule has 0 amide bonds. The highest BCUT2D eigenvalue weighted by atomic mass is 16.5. The summed E-state index contributed by atoms with van der Waals surface area (Å²) >= 11 is 0. The molecule has 2 aromatic heterocycles. The lowest BCUT2D eigenvalue weighted by molar-refractivity contribution is 0.193. The molecule has 78 valence electrons. The molecular weight excluding hydrogens is 192 g/mol. The molecule has 1 aliphatic rings. The van der Waals surface area contributed by atoms with Crippen LogP contribution >= 0.6 is 0 Å². The van der Waals surface area contributed by atoms with Gasteiger partial charge in [-0.05, 0) is 18.6 Å². The average Bonchev–Trinajstić information content (AvgIpc) is 2.85. The molecule has 1 atom stereocenters. The number of nitrogens with zero attached hydrogens (tertiary/aromatic N) is 3. The summed E-state index contributed by atoms with van der Waals surface area (Å²) in [5.74, 6) is 1.92. The summed E-state index contributed by atoms with van der Waals surface area (Å²) < 4.78 is 7.25. The van der Waals surface area contributed by atoms with Gasteiger partial charge in [0.1, 0.15) is 11.6 Å². The van der Waals surface area contributed by atoms with Gasteiger partial charge in [-0.1, -0.05) is 6.07 Å². The number of nitrogens with two attached hydrogens (primary N) is 1. The van der Waals surface area contributed by atoms with Crippen LogP contribution in [0.1, 0.15) is 18.2 Å². The number of pyridine rings is 1. The van der Waals surface area contributed by atoms with E-state index >= 15 is 0 Å². The monoisotopic (exact) mass is 204 g/mol. The Balaban J connectivity index is 2.18. The highest BCUT2D eigenvalue weighted by Gasteiger charge is 2.23. The molecule has 3 heterocycles. The van der Waals surface area contributed by atoms with Crippen LogP contribution in [0, 0.1) is 0 Å². The molecule has 1 fully saturated rings. The molecule has 2 N–H and O–H groups in total. The van der Waals surface area contributed by atoms with Crippen molar-refractivity contribution in [3.8, 4) is 0 Å². The summed E-state index contributed by atoms with van der Waals surface area (Å²) in [6.07, 6.45) is 0.995. The standard InChI is InChI=1S/C10H12N4O/c11-8-2-1-3-9-12-13-10(14(8)9)7-4-5-15-6-7/h1-3,7H,4-6,11H2. The van der Waals surface area contributed by atoms with E-state index in [4.69, 9.17) is 10.5 Å². The van der Waals surface area contributed by atoms with Gasteiger partial charge in [0.05, 0.1) is 6.61 Å². The lowest BCUT2D eigenvalue weighted by Gasteiger charge is -2.06. The number of aromatic nitrogens is 3. The van der Waals surface area contributed by atoms with Crippen LogP contribution in [-0.2, 0) is 4.74 Å². The number of anilines is 1. The Morgan fingerprint density at radius 1 is 1.40 bits per heavy atom. The maximum atomic E-state index is 5.91. The van der Waals surface area contributed by atoms with Crippen molar-refractivity contribution in [3.63, 3.8) is 0 Å². The van der Waals surface area contributed by atoms with Crippen LogP contribution in [0.5, 0.6) is 0 Å². The SMILES string of the molecule is Nc1cccc2nnc(C3CCOC3)n12. The molecular formula is C10H12N4O. The lowest BCUT2D eigenvalue weighted by Crippen LogP contribution is -2.06. The summed E-state index contributed by atoms with van der Waals surface area (Å²) in [6, 6.07) is 5.65. The maximum Gasteiger partial charge on any atom is 0.162 e. The Hall–Kier alpha value is -1.62. The van der Waals surface area contributed by atoms with Crippen LogP contribution in [0.3, 0.4) is 0 Å². The summed E-state index contributed by atoms with van der Waals surface area (Å²) in [5, 5.41) is 8.29. The molecule has 15 heavy (non-hydrogen) atoms. The first-order chi connectivity index (χ1) is 7.36. The molecule has 0 saturated carbocycles. The van der Waals surface area contributed by atoms with E-state index in [1.54, 1.807) is 0 Å². The molecule has 5 heteroatoms. The Morgan fingerprint density at radius 3 is 3.13 bits per heavy atom. The van der Waals surface area contributed by atoms with Crippen LogP contribution in [0.4, 0.5) is 5.82 Å². The summed E-state index contributed by atoms with van der Waals surface area (Å²) in [6.45, 7) is 1.52. The van der Waals surface area contributed by atoms with Gasteiger partial charge in [-0.2, -0.15) is 0 Å². The first-order valence-electron chi connectivity index (χ1n) is 5.03. The quantitative estimate of drug-likeness (QED) is 0.746. The number of hydrogen-bond donors (Lipinski definition) is 1. The molecule has 0 aromatic carbocycles. The molecule has 0 radical (unpaired) electrons. The molecule has 0 bridgehead atoms. The Morgan fingerprint density at radius 2 is 2.33 bits per heavy atom. The zero-order valence-corrected chi connectivity index (χ0v) is 8.26. The number of fused-ring (bicyclic) bond motifs is 1. The van der Waals surface area contributed by atoms with Gasteiger partial charge >= 0.3 is 0 Å². The first kappa shape index (κ1) is 8.67. The topological polar surface area (TPSA) is 65.4 Å². The molecule has 1 saturated heterocycles. The zero-order valence-electron chi connectivity index (χ0n) is 8.26. The fourth-order valence-corrected chi connectivity index (χ4v) is 1.99. The average molecular weight is 204 g/mol. The van der Waals surface area contributed by atoms with Crippen molar-refractivity contribution in [2.24, 2.45) is 0 Å². The van der Waals surface area contributed by atoms with Crippen LogP contribution < -0.4 is 5.73 Å². The Kier molecular flexibility index (Phi) is 1.85. The third-order valence-corrected chi connectivity index (χ3v) is 2.78. The van der Waals surface area contributed by atoms with E-state index in [2.05, 4.69) is 10.2 Å². The van der Waals surface area contributed by atoms with Crippen LogP contribution in [0.25, 0.3) is 5.65 Å². The van der Waals surface area contributed by atoms with Gasteiger partial charge in [-0.25, -0.2) is 0 Å². The van der Waals surface area contributed by atoms with E-state index in [-0.39, 0.29) is 0 Å². The van der Waals surface area contributed by atoms with Gasteiger partial charge in [0.15, 0.2) is 5.65 Å². The second kappa shape index (κ2) is 3.20. The number of rotatable bonds is 1. The predicted molar refractivity (Wildman–Crippen MR) is 55.6 cm³/mol. The van der Waals surface area contributed by atoms with Gasteiger partial charge in [-0.15, -0.1) is 10.2 Å². The Labute approximate surface area is 86.9 Å². The molecule has 0 aliphatic carbocycles. The van der Waals surface area contributed by atoms with Gasteiger partial charge in [0.2, 0.25) is 0 Å². The van der Waals surface area contributed by atoms with Crippen molar-refractivity contribution in [1.82, 2.24) is 14.6 Å². The van der Waals surface area contributed by atoms with E-state index in [1.807, 2.05) is 22.6 Å². The largest absolute Gasteiger partial charge is 0.385 e. The molecule has 1 unspecified atom stereocenters. The van der Waals surface area contributed by atoms with Crippen molar-refractivity contribution in [2.75, 3.05) is 18.9 Å². The smallest absolute Gasteiger partial charge is 0.162 e. The Bertz CT molecular complexity index is 487. The number of nitrogen functional groups attached to an aromatic ring is 1. The highest BCUT2D eigenvalue weighted by Crippen LogP contribution is 2.25. The fourth-order valence-electron chi connectivity index (χ4n) is 1.99. The highest BCUT2D eigenvalue weighted by molar-refractivity contribution is 5.48. The van der Waals surface area contributed by atoms with E-state index in [0.717, 1.165) is 31.1 Å². The van der Waals surface area contributed by atoms with E-state index < -0.39 is 0 Å². The number of ether oxygens (including phenoxy) is 1. The summed E-state index contributed by atoms with van der Waals surface area (Å²) in [4.78, 5) is 0. The van der Waals surface area contributed by atoms with Crippen molar-refractivity contribution < 1.29 is 4.74 Å². The van der Waals surface area contributed by atoms with Gasteiger partial charge in [-0.3, -0.25) is 4.40 Å². The second-order valence-corrected chi connectivity index (χ2v) is 3.76. The molecule has 1 aliphatic heterocycles. The first-order valence-corrected chi connectivity index (χ1v) is 5.03. The van der Waals surface area contributed by atoms with Crippen LogP contribution in [0.15, 0.2) is 18.2 Å². The van der Waals surface area contributed by atoms with Crippen LogP contribution in [-0.4, -0.2) is 27.8 Å². The maximum absolute atomic E-state index is 5.91. The third kappa shape index (κ3) is 1.27. The van der Waals surface area contributed by atoms with Gasteiger partial charge < -0.3 is 10.5 Å². The number of hydrogen-bond acceptors (Lipinski definition) is 4. The van der Waals surface area contributed by atoms with E-state index in [9.17, 15) is 0 Å². The van der Waals surface area contributed by atoms with Gasteiger partial charge in [0, 0.05) is 12.5 Å². The summed E-state index contributed by atoms with van der Waals surface area (Å²) in [5.41, 5.74) is 6.71. The summed E-state index contributed by atoms with van der Waals surface area (Å²) in [7, 11) is 0. The minimum atomic E-state index is 0.324. The van der Waals surface area contributed by atoms with Crippen LogP contribution in [0.2, 0.25) is 0 Å².